The molecule has 114 valence electrons. The van der Waals surface area contributed by atoms with E-state index in [2.05, 4.69) is 10.9 Å². The molecule has 0 saturated heterocycles. The molecule has 0 atom stereocenters. The lowest BCUT2D eigenvalue weighted by atomic mass is 9.74. The van der Waals surface area contributed by atoms with Crippen LogP contribution in [0.2, 0.25) is 0 Å². The van der Waals surface area contributed by atoms with Gasteiger partial charge in [0.25, 0.3) is 11.8 Å². The number of rotatable bonds is 5. The lowest BCUT2D eigenvalue weighted by Gasteiger charge is -2.30. The predicted molar refractivity (Wildman–Crippen MR) is 82.9 cm³/mol. The van der Waals surface area contributed by atoms with E-state index in [-0.39, 0.29) is 6.42 Å². The van der Waals surface area contributed by atoms with Crippen LogP contribution in [0, 0.1) is 0 Å². The number of hydrogen-bond acceptors (Lipinski definition) is 4. The van der Waals surface area contributed by atoms with Crippen LogP contribution < -0.4 is 22.5 Å². The molecule has 0 heterocycles. The van der Waals surface area contributed by atoms with Gasteiger partial charge >= 0.3 is 0 Å². The molecule has 2 rings (SSSR count). The Morgan fingerprint density at radius 2 is 1.27 bits per heavy atom. The number of nitrogens with one attached hydrogen (secondary N) is 2. The van der Waals surface area contributed by atoms with Crippen molar-refractivity contribution in [3.8, 4) is 0 Å². The molecule has 0 aliphatic carbocycles. The highest BCUT2D eigenvalue weighted by atomic mass is 16.2. The number of hydrogen-bond donors (Lipinski definition) is 4. The highest BCUT2D eigenvalue weighted by Gasteiger charge is 2.47. The van der Waals surface area contributed by atoms with Gasteiger partial charge in [-0.3, -0.25) is 20.4 Å². The maximum Gasteiger partial charge on any atom is 0.254 e. The Kier molecular flexibility index (Phi) is 4.88. The first-order valence-corrected chi connectivity index (χ1v) is 6.76. The van der Waals surface area contributed by atoms with Gasteiger partial charge in [-0.15, -0.1) is 0 Å². The third-order valence-corrected chi connectivity index (χ3v) is 3.62. The molecular weight excluding hydrogens is 280 g/mol. The zero-order chi connectivity index (χ0) is 16.0. The van der Waals surface area contributed by atoms with Crippen LogP contribution in [0.4, 0.5) is 0 Å². The molecule has 6 N–H and O–H groups in total. The van der Waals surface area contributed by atoms with Crippen molar-refractivity contribution in [3.63, 3.8) is 0 Å². The van der Waals surface area contributed by atoms with Crippen molar-refractivity contribution in [1.82, 2.24) is 10.9 Å². The van der Waals surface area contributed by atoms with Gasteiger partial charge in [-0.05, 0) is 17.5 Å². The van der Waals surface area contributed by atoms with Crippen LogP contribution in [0.15, 0.2) is 60.7 Å². The standard InChI is InChI=1S/C16H18N4O2/c17-19-14(21)16(15(22)20-18,13-9-5-2-6-10-13)11-12-7-3-1-4-8-12/h1-10H,11,17-18H2,(H,19,21)(H,20,22). The van der Waals surface area contributed by atoms with Gasteiger partial charge in [-0.2, -0.15) is 0 Å². The third kappa shape index (κ3) is 2.83. The van der Waals surface area contributed by atoms with Gasteiger partial charge in [0.1, 0.15) is 0 Å². The molecule has 0 aliphatic heterocycles. The van der Waals surface area contributed by atoms with E-state index in [1.165, 1.54) is 0 Å². The second-order valence-electron chi connectivity index (χ2n) is 4.88. The van der Waals surface area contributed by atoms with Crippen LogP contribution in [0.5, 0.6) is 0 Å². The highest BCUT2D eigenvalue weighted by Crippen LogP contribution is 2.29. The van der Waals surface area contributed by atoms with E-state index in [4.69, 9.17) is 11.7 Å². The number of benzene rings is 2. The van der Waals surface area contributed by atoms with E-state index in [9.17, 15) is 9.59 Å². The van der Waals surface area contributed by atoms with E-state index in [1.54, 1.807) is 30.3 Å². The summed E-state index contributed by atoms with van der Waals surface area (Å²) >= 11 is 0. The van der Waals surface area contributed by atoms with E-state index >= 15 is 0 Å². The van der Waals surface area contributed by atoms with E-state index in [0.29, 0.717) is 5.56 Å². The summed E-state index contributed by atoms with van der Waals surface area (Å²) < 4.78 is 0. The smallest absolute Gasteiger partial charge is 0.254 e. The first-order valence-electron chi connectivity index (χ1n) is 6.76. The summed E-state index contributed by atoms with van der Waals surface area (Å²) in [5.74, 6) is 9.40. The van der Waals surface area contributed by atoms with Crippen molar-refractivity contribution >= 4 is 11.8 Å². The Morgan fingerprint density at radius 1 is 0.818 bits per heavy atom. The molecule has 0 radical (unpaired) electrons. The fourth-order valence-corrected chi connectivity index (χ4v) is 2.50. The number of carbonyl (C=O) groups excluding carboxylic acids is 2. The molecule has 22 heavy (non-hydrogen) atoms. The molecule has 0 aromatic heterocycles. The molecule has 2 aromatic rings. The fraction of sp³-hybridized carbons (Fsp3) is 0.125. The average molecular weight is 298 g/mol. The first-order chi connectivity index (χ1) is 10.6. The highest BCUT2D eigenvalue weighted by molar-refractivity contribution is 6.10. The van der Waals surface area contributed by atoms with Gasteiger partial charge in [0.2, 0.25) is 0 Å². The second-order valence-corrected chi connectivity index (χ2v) is 4.88. The summed E-state index contributed by atoms with van der Waals surface area (Å²) in [5, 5.41) is 0. The molecule has 6 nitrogen and oxygen atoms in total. The van der Waals surface area contributed by atoms with Gasteiger partial charge in [-0.1, -0.05) is 60.7 Å². The van der Waals surface area contributed by atoms with E-state index in [0.717, 1.165) is 5.56 Å². The SMILES string of the molecule is NNC(=O)C(Cc1ccccc1)(C(=O)NN)c1ccccc1. The minimum Gasteiger partial charge on any atom is -0.293 e. The van der Waals surface area contributed by atoms with Crippen molar-refractivity contribution < 1.29 is 9.59 Å². The summed E-state index contributed by atoms with van der Waals surface area (Å²) in [4.78, 5) is 25.0. The topological polar surface area (TPSA) is 110 Å². The maximum absolute atomic E-state index is 12.5. The summed E-state index contributed by atoms with van der Waals surface area (Å²) in [6.45, 7) is 0. The number of hydrazine groups is 2. The molecule has 2 amide bonds. The second kappa shape index (κ2) is 6.84. The summed E-state index contributed by atoms with van der Waals surface area (Å²) in [7, 11) is 0. The Labute approximate surface area is 128 Å². The van der Waals surface area contributed by atoms with Crippen LogP contribution in [-0.2, 0) is 21.4 Å². The summed E-state index contributed by atoms with van der Waals surface area (Å²) in [5.41, 5.74) is 3.97. The fourth-order valence-electron chi connectivity index (χ4n) is 2.50. The molecule has 2 aromatic carbocycles. The molecule has 0 aliphatic rings. The molecule has 0 saturated carbocycles. The van der Waals surface area contributed by atoms with E-state index < -0.39 is 17.2 Å². The Bertz CT molecular complexity index is 628. The Morgan fingerprint density at radius 3 is 1.73 bits per heavy atom. The molecule has 0 spiro atoms. The van der Waals surface area contributed by atoms with Crippen molar-refractivity contribution in [2.45, 2.75) is 11.8 Å². The first kappa shape index (κ1) is 15.7. The number of carbonyl (C=O) groups is 2. The van der Waals surface area contributed by atoms with Crippen LogP contribution in [-0.4, -0.2) is 11.8 Å². The minimum atomic E-state index is -1.54. The van der Waals surface area contributed by atoms with Crippen molar-refractivity contribution in [3.05, 3.63) is 71.8 Å². The lowest BCUT2D eigenvalue weighted by molar-refractivity contribution is -0.138. The normalized spacial score (nSPS) is 10.8. The lowest BCUT2D eigenvalue weighted by Crippen LogP contribution is -2.58. The van der Waals surface area contributed by atoms with Crippen LogP contribution in [0.1, 0.15) is 11.1 Å². The van der Waals surface area contributed by atoms with Crippen molar-refractivity contribution in [2.24, 2.45) is 11.7 Å². The third-order valence-electron chi connectivity index (χ3n) is 3.62. The number of amides is 2. The van der Waals surface area contributed by atoms with Crippen molar-refractivity contribution in [2.75, 3.05) is 0 Å². The molecular formula is C16H18N4O2. The predicted octanol–water partition coefficient (Wildman–Crippen LogP) is 0.147. The summed E-state index contributed by atoms with van der Waals surface area (Å²) in [6.07, 6.45) is 0.143. The molecule has 0 bridgehead atoms. The van der Waals surface area contributed by atoms with Crippen LogP contribution in [0.3, 0.4) is 0 Å². The van der Waals surface area contributed by atoms with Crippen molar-refractivity contribution in [1.29, 1.82) is 0 Å². The minimum absolute atomic E-state index is 0.143. The summed E-state index contributed by atoms with van der Waals surface area (Å²) in [6, 6.07) is 17.9. The maximum atomic E-state index is 12.5. The zero-order valence-electron chi connectivity index (χ0n) is 12.0. The molecule has 0 fully saturated rings. The van der Waals surface area contributed by atoms with Gasteiger partial charge in [-0.25, -0.2) is 11.7 Å². The Balaban J connectivity index is 2.60. The largest absolute Gasteiger partial charge is 0.293 e. The van der Waals surface area contributed by atoms with Crippen LogP contribution in [0.25, 0.3) is 0 Å². The van der Waals surface area contributed by atoms with Gasteiger partial charge in [0.05, 0.1) is 0 Å². The van der Waals surface area contributed by atoms with Gasteiger partial charge < -0.3 is 0 Å². The Hall–Kier alpha value is -2.70. The molecule has 6 heteroatoms. The zero-order valence-corrected chi connectivity index (χ0v) is 12.0. The molecule has 0 unspecified atom stereocenters. The quantitative estimate of drug-likeness (QED) is 0.272. The van der Waals surface area contributed by atoms with Gasteiger partial charge in [0.15, 0.2) is 5.41 Å². The van der Waals surface area contributed by atoms with E-state index in [1.807, 2.05) is 30.3 Å². The monoisotopic (exact) mass is 298 g/mol. The average Bonchev–Trinajstić information content (AvgIpc) is 2.60. The number of nitrogens with two attached hydrogens (primary N) is 2. The van der Waals surface area contributed by atoms with Gasteiger partial charge in [0, 0.05) is 0 Å². The van der Waals surface area contributed by atoms with Crippen LogP contribution >= 0.6 is 0 Å².